The lowest BCUT2D eigenvalue weighted by Crippen LogP contribution is -2.26. The average molecular weight is 158 g/mol. The molecule has 0 aliphatic carbocycles. The largest absolute Gasteiger partial charge is 0.326 e. The molecule has 0 spiro atoms. The normalized spacial score (nSPS) is 24.5. The van der Waals surface area contributed by atoms with Gasteiger partial charge in [0.25, 0.3) is 0 Å². The van der Waals surface area contributed by atoms with E-state index in [1.807, 2.05) is 0 Å². The van der Waals surface area contributed by atoms with Crippen molar-refractivity contribution < 1.29 is 0 Å². The number of hydrogen-bond acceptors (Lipinski definition) is 2. The Hall–Kier alpha value is -0.0800. The summed E-state index contributed by atoms with van der Waals surface area (Å²) in [5, 5.41) is 0. The predicted molar refractivity (Wildman–Crippen MR) is 50.7 cm³/mol. The summed E-state index contributed by atoms with van der Waals surface area (Å²) >= 11 is 0. The van der Waals surface area contributed by atoms with Crippen LogP contribution in [0, 0.1) is 0 Å². The fourth-order valence-corrected chi connectivity index (χ4v) is 1.15. The maximum absolute atomic E-state index is 5.66. The van der Waals surface area contributed by atoms with Gasteiger partial charge in [0.05, 0.1) is 0 Å². The Kier molecular flexibility index (Phi) is 6.57. The van der Waals surface area contributed by atoms with Crippen molar-refractivity contribution in [3.63, 3.8) is 0 Å². The summed E-state index contributed by atoms with van der Waals surface area (Å²) in [5.74, 6) is 0. The van der Waals surface area contributed by atoms with Gasteiger partial charge in [-0.1, -0.05) is 27.2 Å². The van der Waals surface area contributed by atoms with Crippen molar-refractivity contribution in [3.05, 3.63) is 0 Å². The van der Waals surface area contributed by atoms with Gasteiger partial charge in [-0.3, -0.25) is 0 Å². The molecular formula is C9H22N2. The van der Waals surface area contributed by atoms with E-state index in [0.29, 0.717) is 6.04 Å². The summed E-state index contributed by atoms with van der Waals surface area (Å²) in [6.45, 7) is 9.90. The molecule has 1 rings (SSSR count). The van der Waals surface area contributed by atoms with Gasteiger partial charge in [0.2, 0.25) is 0 Å². The first-order valence-electron chi connectivity index (χ1n) is 4.72. The minimum Gasteiger partial charge on any atom is -0.326 e. The van der Waals surface area contributed by atoms with Crippen LogP contribution in [0.3, 0.4) is 0 Å². The Morgan fingerprint density at radius 3 is 2.09 bits per heavy atom. The Morgan fingerprint density at radius 1 is 1.36 bits per heavy atom. The fourth-order valence-electron chi connectivity index (χ4n) is 1.15. The second kappa shape index (κ2) is 6.62. The lowest BCUT2D eigenvalue weighted by molar-refractivity contribution is 0.354. The average Bonchev–Trinajstić information content (AvgIpc) is 2.37. The van der Waals surface area contributed by atoms with Gasteiger partial charge in [0, 0.05) is 12.6 Å². The van der Waals surface area contributed by atoms with Crippen molar-refractivity contribution in [2.45, 2.75) is 39.7 Å². The molecule has 1 atom stereocenters. The van der Waals surface area contributed by atoms with Crippen molar-refractivity contribution in [2.75, 3.05) is 19.6 Å². The van der Waals surface area contributed by atoms with Crippen LogP contribution in [-0.2, 0) is 0 Å². The van der Waals surface area contributed by atoms with Crippen molar-refractivity contribution in [2.24, 2.45) is 5.73 Å². The lowest BCUT2D eigenvalue weighted by atomic mass is 10.3. The number of likely N-dealkylation sites (tertiary alicyclic amines) is 1. The summed E-state index contributed by atoms with van der Waals surface area (Å²) in [4.78, 5) is 2.38. The Labute approximate surface area is 70.8 Å². The monoisotopic (exact) mass is 158 g/mol. The first-order chi connectivity index (χ1) is 5.24. The van der Waals surface area contributed by atoms with Crippen LogP contribution in [0.5, 0.6) is 0 Å². The molecule has 1 fully saturated rings. The first-order valence-corrected chi connectivity index (χ1v) is 4.72. The van der Waals surface area contributed by atoms with Gasteiger partial charge in [-0.2, -0.15) is 0 Å². The van der Waals surface area contributed by atoms with Gasteiger partial charge in [-0.15, -0.1) is 0 Å². The van der Waals surface area contributed by atoms with E-state index in [1.54, 1.807) is 0 Å². The minimum atomic E-state index is 0.454. The van der Waals surface area contributed by atoms with Crippen LogP contribution in [0.1, 0.15) is 33.6 Å². The smallest absolute Gasteiger partial charge is 0.0180 e. The third kappa shape index (κ3) is 5.22. The van der Waals surface area contributed by atoms with Gasteiger partial charge in [0.15, 0.2) is 0 Å². The first kappa shape index (κ1) is 10.9. The molecule has 1 aliphatic rings. The topological polar surface area (TPSA) is 29.3 Å². The maximum Gasteiger partial charge on any atom is 0.0180 e. The molecule has 1 saturated heterocycles. The minimum absolute atomic E-state index is 0.454. The zero-order valence-corrected chi connectivity index (χ0v) is 8.14. The van der Waals surface area contributed by atoms with E-state index >= 15 is 0 Å². The van der Waals surface area contributed by atoms with Crippen LogP contribution in [0.4, 0.5) is 0 Å². The third-order valence-corrected chi connectivity index (χ3v) is 1.76. The number of nitrogens with two attached hydrogens (primary N) is 1. The number of nitrogens with zero attached hydrogens (tertiary/aromatic N) is 1. The summed E-state index contributed by atoms with van der Waals surface area (Å²) in [5.41, 5.74) is 5.66. The second-order valence-electron chi connectivity index (χ2n) is 3.15. The van der Waals surface area contributed by atoms with E-state index < -0.39 is 0 Å². The van der Waals surface area contributed by atoms with Crippen molar-refractivity contribution in [1.29, 1.82) is 0 Å². The molecule has 0 radical (unpaired) electrons. The SMILES string of the molecule is CCC.CCN1CC[C@@H](N)C1. The molecule has 0 aromatic rings. The van der Waals surface area contributed by atoms with Gasteiger partial charge in [0.1, 0.15) is 0 Å². The standard InChI is InChI=1S/C6H14N2.C3H8/c1-2-8-4-3-6(7)5-8;1-3-2/h6H,2-5,7H2,1H3;3H2,1-2H3/t6-;/m1./s1. The molecule has 0 bridgehead atoms. The van der Waals surface area contributed by atoms with Crippen molar-refractivity contribution in [1.82, 2.24) is 4.90 Å². The van der Waals surface area contributed by atoms with Crippen LogP contribution >= 0.6 is 0 Å². The van der Waals surface area contributed by atoms with Crippen LogP contribution in [0.2, 0.25) is 0 Å². The summed E-state index contributed by atoms with van der Waals surface area (Å²) in [7, 11) is 0. The number of rotatable bonds is 1. The Morgan fingerprint density at radius 2 is 1.91 bits per heavy atom. The van der Waals surface area contributed by atoms with Gasteiger partial charge in [-0.05, 0) is 19.5 Å². The summed E-state index contributed by atoms with van der Waals surface area (Å²) < 4.78 is 0. The van der Waals surface area contributed by atoms with E-state index in [9.17, 15) is 0 Å². The molecule has 0 amide bonds. The number of likely N-dealkylation sites (N-methyl/N-ethyl adjacent to an activating group) is 1. The van der Waals surface area contributed by atoms with E-state index in [2.05, 4.69) is 25.7 Å². The number of hydrogen-bond donors (Lipinski definition) is 1. The molecule has 11 heavy (non-hydrogen) atoms. The Bertz CT molecular complexity index is 83.6. The molecule has 1 aliphatic heterocycles. The highest BCUT2D eigenvalue weighted by Crippen LogP contribution is 2.04. The zero-order chi connectivity index (χ0) is 8.69. The molecule has 2 nitrogen and oxygen atoms in total. The van der Waals surface area contributed by atoms with E-state index in [-0.39, 0.29) is 0 Å². The fraction of sp³-hybridized carbons (Fsp3) is 1.00. The van der Waals surface area contributed by atoms with Gasteiger partial charge >= 0.3 is 0 Å². The quantitative estimate of drug-likeness (QED) is 0.626. The predicted octanol–water partition coefficient (Wildman–Crippen LogP) is 1.46. The molecule has 0 aromatic carbocycles. The second-order valence-corrected chi connectivity index (χ2v) is 3.15. The van der Waals surface area contributed by atoms with E-state index in [4.69, 9.17) is 5.73 Å². The molecule has 0 aromatic heterocycles. The molecule has 2 N–H and O–H groups in total. The molecule has 0 unspecified atom stereocenters. The summed E-state index contributed by atoms with van der Waals surface area (Å²) in [6, 6.07) is 0.454. The highest BCUT2D eigenvalue weighted by Gasteiger charge is 2.16. The van der Waals surface area contributed by atoms with Crippen LogP contribution in [0.25, 0.3) is 0 Å². The van der Waals surface area contributed by atoms with Crippen LogP contribution < -0.4 is 5.73 Å². The summed E-state index contributed by atoms with van der Waals surface area (Å²) in [6.07, 6.45) is 2.44. The third-order valence-electron chi connectivity index (χ3n) is 1.76. The molecule has 0 saturated carbocycles. The van der Waals surface area contributed by atoms with Gasteiger partial charge in [-0.25, -0.2) is 0 Å². The molecule has 2 heteroatoms. The van der Waals surface area contributed by atoms with Crippen molar-refractivity contribution in [3.8, 4) is 0 Å². The Balaban J connectivity index is 0.000000292. The van der Waals surface area contributed by atoms with Crippen LogP contribution in [0.15, 0.2) is 0 Å². The zero-order valence-electron chi connectivity index (χ0n) is 8.14. The molecule has 68 valence electrons. The van der Waals surface area contributed by atoms with E-state index in [0.717, 1.165) is 13.1 Å². The highest BCUT2D eigenvalue weighted by atomic mass is 15.2. The van der Waals surface area contributed by atoms with E-state index in [1.165, 1.54) is 19.4 Å². The molecule has 1 heterocycles. The van der Waals surface area contributed by atoms with Gasteiger partial charge < -0.3 is 10.6 Å². The lowest BCUT2D eigenvalue weighted by Gasteiger charge is -2.09. The van der Waals surface area contributed by atoms with Crippen LogP contribution in [-0.4, -0.2) is 30.6 Å². The highest BCUT2D eigenvalue weighted by molar-refractivity contribution is 4.76. The van der Waals surface area contributed by atoms with Crippen molar-refractivity contribution >= 4 is 0 Å². The maximum atomic E-state index is 5.66. The molecular weight excluding hydrogens is 136 g/mol.